The van der Waals surface area contributed by atoms with Crippen LogP contribution >= 0.6 is 0 Å². The standard InChI is InChI=1S/C40H42N2O6/c1-39(2,3)41(43)27-15-11-23(12-16-27)25-19-29-33-30(20-25)36(46-8)38(48-10)32-22-26(21-31(34(32)33)37(47-9)35(29)45-7)24-13-17-28(18-14-24)42(44)40(4,5)6/h11-22H,1-10H3. The normalized spacial score (nSPS) is 12.1. The molecule has 48 heavy (non-hydrogen) atoms. The predicted molar refractivity (Wildman–Crippen MR) is 196 cm³/mol. The van der Waals surface area contributed by atoms with Gasteiger partial charge in [-0.1, -0.05) is 12.1 Å². The molecule has 248 valence electrons. The summed E-state index contributed by atoms with van der Waals surface area (Å²) in [5.41, 5.74) is 3.78. The van der Waals surface area contributed by atoms with Gasteiger partial charge >= 0.3 is 0 Å². The minimum atomic E-state index is -0.556. The van der Waals surface area contributed by atoms with Crippen LogP contribution in [0.1, 0.15) is 41.5 Å². The highest BCUT2D eigenvalue weighted by molar-refractivity contribution is 6.31. The minimum absolute atomic E-state index is 0.556. The molecule has 6 rings (SSSR count). The smallest absolute Gasteiger partial charge is 0.256 e. The molecule has 6 aromatic rings. The van der Waals surface area contributed by atoms with Crippen LogP contribution in [0.2, 0.25) is 0 Å². The van der Waals surface area contributed by atoms with Crippen molar-refractivity contribution in [1.82, 2.24) is 0 Å². The SMILES string of the molecule is COc1c(OC)c2cc(-c3ccc([N+](=O)C(C)(C)C)cc3)cc3c(OC)c(OC)c4cc(-c5ccc(N([O-])C(C)(C)C)cc5)cc1c4c23. The Kier molecular flexibility index (Phi) is 8.12. The quantitative estimate of drug-likeness (QED) is 0.0924. The van der Waals surface area contributed by atoms with Crippen molar-refractivity contribution in [3.05, 3.63) is 82.9 Å². The van der Waals surface area contributed by atoms with E-state index in [2.05, 4.69) is 24.3 Å². The largest absolute Gasteiger partial charge is 0.758 e. The van der Waals surface area contributed by atoms with Crippen LogP contribution in [-0.4, -0.2) is 44.3 Å². The summed E-state index contributed by atoms with van der Waals surface area (Å²) in [5, 5.41) is 19.2. The second kappa shape index (κ2) is 11.9. The molecule has 6 aromatic carbocycles. The van der Waals surface area contributed by atoms with Crippen LogP contribution in [0.3, 0.4) is 0 Å². The molecule has 8 heteroatoms. The van der Waals surface area contributed by atoms with Gasteiger partial charge in [-0.3, -0.25) is 0 Å². The molecule has 0 unspecified atom stereocenters. The van der Waals surface area contributed by atoms with E-state index in [9.17, 15) is 10.1 Å². The molecule has 0 aliphatic carbocycles. The first-order valence-electron chi connectivity index (χ1n) is 15.9. The summed E-state index contributed by atoms with van der Waals surface area (Å²) in [4.78, 5) is 12.9. The third-order valence-electron chi connectivity index (χ3n) is 8.82. The fraction of sp³-hybridized carbons (Fsp3) is 0.300. The van der Waals surface area contributed by atoms with E-state index >= 15 is 0 Å². The highest BCUT2D eigenvalue weighted by atomic mass is 16.5. The van der Waals surface area contributed by atoms with Crippen molar-refractivity contribution in [1.29, 1.82) is 0 Å². The van der Waals surface area contributed by atoms with Gasteiger partial charge < -0.3 is 29.2 Å². The molecule has 0 amide bonds. The Morgan fingerprint density at radius 2 is 0.875 bits per heavy atom. The summed E-state index contributed by atoms with van der Waals surface area (Å²) in [6, 6.07) is 23.6. The molecule has 0 aliphatic rings. The number of ether oxygens (including phenoxy) is 4. The van der Waals surface area contributed by atoms with Crippen LogP contribution in [0.5, 0.6) is 23.0 Å². The van der Waals surface area contributed by atoms with Crippen molar-refractivity contribution in [3.63, 3.8) is 0 Å². The molecule has 0 saturated heterocycles. The second-order valence-corrected chi connectivity index (χ2v) is 14.0. The third-order valence-corrected chi connectivity index (χ3v) is 8.82. The van der Waals surface area contributed by atoms with Crippen LogP contribution in [0.25, 0.3) is 54.6 Å². The van der Waals surface area contributed by atoms with E-state index in [1.807, 2.05) is 90.1 Å². The van der Waals surface area contributed by atoms with Gasteiger partial charge in [0.1, 0.15) is 0 Å². The van der Waals surface area contributed by atoms with Gasteiger partial charge in [0.2, 0.25) is 5.54 Å². The lowest BCUT2D eigenvalue weighted by molar-refractivity contribution is -0.540. The predicted octanol–water partition coefficient (Wildman–Crippen LogP) is 10.3. The molecule has 0 bridgehead atoms. The number of nitroso groups, excluding NO2 is 1. The molecular formula is C40H42N2O6. The summed E-state index contributed by atoms with van der Waals surface area (Å²) in [5.74, 6) is 2.39. The maximum Gasteiger partial charge on any atom is 0.256 e. The fourth-order valence-corrected chi connectivity index (χ4v) is 6.53. The van der Waals surface area contributed by atoms with Gasteiger partial charge in [0.25, 0.3) is 5.69 Å². The van der Waals surface area contributed by atoms with Crippen molar-refractivity contribution in [2.75, 3.05) is 33.5 Å². The van der Waals surface area contributed by atoms with Gasteiger partial charge in [-0.15, -0.1) is 0 Å². The van der Waals surface area contributed by atoms with E-state index in [0.29, 0.717) is 34.4 Å². The van der Waals surface area contributed by atoms with Crippen molar-refractivity contribution in [2.24, 2.45) is 0 Å². The maximum atomic E-state index is 12.9. The van der Waals surface area contributed by atoms with Crippen LogP contribution < -0.4 is 24.0 Å². The molecule has 0 fully saturated rings. The molecule has 0 aromatic heterocycles. The number of hydrogen-bond donors (Lipinski definition) is 0. The number of methoxy groups -OCH3 is 4. The number of benzene rings is 6. The van der Waals surface area contributed by atoms with Crippen LogP contribution in [0.15, 0.2) is 72.8 Å². The zero-order chi connectivity index (χ0) is 34.7. The Hall–Kier alpha value is -5.08. The Bertz CT molecular complexity index is 2070. The van der Waals surface area contributed by atoms with E-state index in [4.69, 9.17) is 18.9 Å². The lowest BCUT2D eigenvalue weighted by atomic mass is 9.87. The zero-order valence-corrected chi connectivity index (χ0v) is 29.3. The topological polar surface area (TPSA) is 83.3 Å². The van der Waals surface area contributed by atoms with Crippen molar-refractivity contribution in [2.45, 2.75) is 52.6 Å². The molecule has 0 atom stereocenters. The second-order valence-electron chi connectivity index (χ2n) is 14.0. The van der Waals surface area contributed by atoms with Crippen molar-refractivity contribution >= 4 is 43.7 Å². The Morgan fingerprint density at radius 3 is 1.17 bits per heavy atom. The number of hydroxylamine groups is 1. The first kappa shape index (κ1) is 32.8. The molecule has 0 aliphatic heterocycles. The molecular weight excluding hydrogens is 604 g/mol. The van der Waals surface area contributed by atoms with Gasteiger partial charge in [0.15, 0.2) is 23.0 Å². The molecule has 0 spiro atoms. The van der Waals surface area contributed by atoms with E-state index in [1.54, 1.807) is 28.4 Å². The summed E-state index contributed by atoms with van der Waals surface area (Å²) < 4.78 is 25.4. The van der Waals surface area contributed by atoms with Crippen molar-refractivity contribution < 1.29 is 23.7 Å². The van der Waals surface area contributed by atoms with Crippen LogP contribution in [0, 0.1) is 10.1 Å². The highest BCUT2D eigenvalue weighted by Gasteiger charge is 2.31. The average molecular weight is 647 g/mol. The zero-order valence-electron chi connectivity index (χ0n) is 29.3. The first-order valence-corrected chi connectivity index (χ1v) is 15.9. The van der Waals surface area contributed by atoms with E-state index in [0.717, 1.165) is 64.4 Å². The van der Waals surface area contributed by atoms with Gasteiger partial charge in [0.05, 0.1) is 28.4 Å². The average Bonchev–Trinajstić information content (AvgIpc) is 3.07. The lowest BCUT2D eigenvalue weighted by Gasteiger charge is -2.43. The summed E-state index contributed by atoms with van der Waals surface area (Å²) >= 11 is 0. The molecule has 0 radical (unpaired) electrons. The van der Waals surface area contributed by atoms with Gasteiger partial charge in [-0.05, 0) is 91.6 Å². The Morgan fingerprint density at radius 1 is 0.542 bits per heavy atom. The summed E-state index contributed by atoms with van der Waals surface area (Å²) in [7, 11) is 6.58. The van der Waals surface area contributed by atoms with Crippen LogP contribution in [0.4, 0.5) is 11.4 Å². The molecule has 0 N–H and O–H groups in total. The van der Waals surface area contributed by atoms with Gasteiger partial charge in [0, 0.05) is 86.1 Å². The number of rotatable bonds is 8. The Labute approximate surface area is 281 Å². The number of anilines is 1. The minimum Gasteiger partial charge on any atom is -0.758 e. The van der Waals surface area contributed by atoms with E-state index in [1.165, 1.54) is 0 Å². The number of hydrogen-bond acceptors (Lipinski definition) is 7. The van der Waals surface area contributed by atoms with Crippen molar-refractivity contribution in [3.8, 4) is 45.3 Å². The fourth-order valence-electron chi connectivity index (χ4n) is 6.53. The maximum absolute atomic E-state index is 12.9. The van der Waals surface area contributed by atoms with E-state index in [-0.39, 0.29) is 0 Å². The first-order chi connectivity index (χ1) is 22.7. The lowest BCUT2D eigenvalue weighted by Crippen LogP contribution is -2.36. The summed E-state index contributed by atoms with van der Waals surface area (Å²) in [6.07, 6.45) is 0. The molecule has 8 nitrogen and oxygen atoms in total. The summed E-state index contributed by atoms with van der Waals surface area (Å²) in [6.45, 7) is 11.3. The number of nitrogens with zero attached hydrogens (tertiary/aromatic N) is 2. The molecule has 0 heterocycles. The van der Waals surface area contributed by atoms with Crippen LogP contribution in [-0.2, 0) is 0 Å². The highest BCUT2D eigenvalue weighted by Crippen LogP contribution is 2.55. The third kappa shape index (κ3) is 5.30. The van der Waals surface area contributed by atoms with E-state index < -0.39 is 11.1 Å². The monoisotopic (exact) mass is 646 g/mol. The van der Waals surface area contributed by atoms with Gasteiger partial charge in [-0.25, -0.2) is 0 Å². The molecule has 0 saturated carbocycles. The Balaban J connectivity index is 1.63. The van der Waals surface area contributed by atoms with Gasteiger partial charge in [-0.2, -0.15) is 0 Å².